The van der Waals surface area contributed by atoms with Crippen molar-refractivity contribution < 1.29 is 14.9 Å². The second-order valence-corrected chi connectivity index (χ2v) is 5.69. The number of methoxy groups -OCH3 is 1. The van der Waals surface area contributed by atoms with Gasteiger partial charge < -0.3 is 25.6 Å². The van der Waals surface area contributed by atoms with E-state index in [2.05, 4.69) is 0 Å². The van der Waals surface area contributed by atoms with E-state index in [1.807, 2.05) is 54.4 Å². The number of allylic oxidation sites excluding steroid dienone is 3. The van der Waals surface area contributed by atoms with E-state index in [1.54, 1.807) is 12.1 Å². The maximum absolute atomic E-state index is 11.6. The molecule has 3 N–H and O–H groups in total. The van der Waals surface area contributed by atoms with Crippen LogP contribution in [0.4, 0.5) is 5.69 Å². The van der Waals surface area contributed by atoms with Crippen LogP contribution in [0.3, 0.4) is 0 Å². The van der Waals surface area contributed by atoms with Crippen LogP contribution in [0.1, 0.15) is 11.1 Å². The Kier molecular flexibility index (Phi) is 4.39. The molecular formula is C20H19N2O3-. The van der Waals surface area contributed by atoms with Gasteiger partial charge in [-0.15, -0.1) is 0 Å². The minimum Gasteiger partial charge on any atom is -0.870 e. The molecule has 0 unspecified atom stereocenters. The second-order valence-electron chi connectivity index (χ2n) is 5.69. The Balaban J connectivity index is 1.99. The fraction of sp³-hybridized carbons (Fsp3) is 0.100. The number of hydrogen-bond donors (Lipinski definition) is 2. The molecule has 0 saturated carbocycles. The molecule has 0 amide bonds. The van der Waals surface area contributed by atoms with Gasteiger partial charge in [0.25, 0.3) is 0 Å². The lowest BCUT2D eigenvalue weighted by Crippen LogP contribution is -2.21. The van der Waals surface area contributed by atoms with Crippen molar-refractivity contribution in [2.24, 2.45) is 5.73 Å². The molecule has 1 aliphatic rings. The third-order valence-corrected chi connectivity index (χ3v) is 4.15. The van der Waals surface area contributed by atoms with E-state index in [-0.39, 0.29) is 11.6 Å². The maximum Gasteiger partial charge on any atom is 0.189 e. The van der Waals surface area contributed by atoms with Crippen molar-refractivity contribution in [1.29, 1.82) is 0 Å². The van der Waals surface area contributed by atoms with E-state index in [0.29, 0.717) is 11.3 Å². The Labute approximate surface area is 146 Å². The molecule has 1 aliphatic heterocycles. The van der Waals surface area contributed by atoms with Crippen molar-refractivity contribution in [1.82, 2.24) is 0 Å². The van der Waals surface area contributed by atoms with Gasteiger partial charge >= 0.3 is 0 Å². The second kappa shape index (κ2) is 6.65. The number of aliphatic hydroxyl groups is 1. The van der Waals surface area contributed by atoms with Crippen LogP contribution < -0.4 is 20.5 Å². The molecule has 0 radical (unpaired) electrons. The molecule has 0 saturated heterocycles. The number of ether oxygens (including phenoxy) is 1. The van der Waals surface area contributed by atoms with Crippen molar-refractivity contribution in [2.75, 3.05) is 19.1 Å². The summed E-state index contributed by atoms with van der Waals surface area (Å²) >= 11 is 0. The summed E-state index contributed by atoms with van der Waals surface area (Å²) in [5, 5.41) is 21.4. The number of fused-ring (bicyclic) bond motifs is 1. The number of para-hydroxylation sites is 1. The van der Waals surface area contributed by atoms with Gasteiger partial charge in [0.1, 0.15) is 5.75 Å². The molecule has 2 aromatic carbocycles. The molecule has 1 heterocycles. The predicted molar refractivity (Wildman–Crippen MR) is 98.1 cm³/mol. The number of rotatable bonds is 3. The van der Waals surface area contributed by atoms with Gasteiger partial charge in [0, 0.05) is 29.6 Å². The lowest BCUT2D eigenvalue weighted by molar-refractivity contribution is -0.270. The highest BCUT2D eigenvalue weighted by Gasteiger charge is 2.19. The summed E-state index contributed by atoms with van der Waals surface area (Å²) in [7, 11) is 3.42. The Morgan fingerprint density at radius 1 is 1.20 bits per heavy atom. The highest BCUT2D eigenvalue weighted by molar-refractivity contribution is 5.89. The highest BCUT2D eigenvalue weighted by atomic mass is 16.5. The Bertz CT molecular complexity index is 894. The minimum atomic E-state index is -0.219. The molecule has 5 nitrogen and oxygen atoms in total. The quantitative estimate of drug-likeness (QED) is 0.843. The largest absolute Gasteiger partial charge is 0.870 e. The van der Waals surface area contributed by atoms with Crippen molar-refractivity contribution >= 4 is 17.3 Å². The summed E-state index contributed by atoms with van der Waals surface area (Å²) in [5.74, 6) is -0.0664. The first-order valence-electron chi connectivity index (χ1n) is 7.78. The summed E-state index contributed by atoms with van der Waals surface area (Å²) in [6.07, 6.45) is 5.61. The standard InChI is InChI=1S/C20H20N2O3/c1-22-14(9-7-13-8-10-18(23)19(11-13)25-2)12-16(20(21)24)15-5-3-4-6-17(15)22/h3-12,23-24H,21H2,1-2H3/p-1/b9-7+,20-16-. The van der Waals surface area contributed by atoms with Crippen LogP contribution in [0.15, 0.2) is 66.2 Å². The van der Waals surface area contributed by atoms with E-state index < -0.39 is 0 Å². The monoisotopic (exact) mass is 335 g/mol. The van der Waals surface area contributed by atoms with E-state index in [4.69, 9.17) is 10.5 Å². The van der Waals surface area contributed by atoms with Crippen molar-refractivity contribution in [3.05, 3.63) is 77.3 Å². The third-order valence-electron chi connectivity index (χ3n) is 4.15. The lowest BCUT2D eigenvalue weighted by Gasteiger charge is -2.28. The van der Waals surface area contributed by atoms with Gasteiger partial charge in [-0.25, -0.2) is 0 Å². The molecule has 0 spiro atoms. The van der Waals surface area contributed by atoms with E-state index in [9.17, 15) is 10.2 Å². The zero-order chi connectivity index (χ0) is 18.0. The number of benzene rings is 2. The number of anilines is 1. The molecule has 0 fully saturated rings. The molecule has 0 atom stereocenters. The number of nitrogens with two attached hydrogens (primary N) is 1. The summed E-state index contributed by atoms with van der Waals surface area (Å²) < 4.78 is 5.07. The van der Waals surface area contributed by atoms with Gasteiger partial charge in [-0.1, -0.05) is 42.2 Å². The van der Waals surface area contributed by atoms with Crippen LogP contribution in [0, 0.1) is 0 Å². The highest BCUT2D eigenvalue weighted by Crippen LogP contribution is 2.36. The van der Waals surface area contributed by atoms with Crippen molar-refractivity contribution in [3.8, 4) is 11.5 Å². The summed E-state index contributed by atoms with van der Waals surface area (Å²) in [6, 6.07) is 12.6. The SMILES string of the molecule is COc1cc(/C=C/C2=CC(=C(\N)O)/c3ccccc3N2C)ccc1[O-]. The summed E-state index contributed by atoms with van der Waals surface area (Å²) in [5.41, 5.74) is 9.75. The molecule has 25 heavy (non-hydrogen) atoms. The van der Waals surface area contributed by atoms with Crippen LogP contribution in [0.2, 0.25) is 0 Å². The van der Waals surface area contributed by atoms with Crippen LogP contribution in [-0.4, -0.2) is 19.3 Å². The van der Waals surface area contributed by atoms with E-state index in [0.717, 1.165) is 22.5 Å². The van der Waals surface area contributed by atoms with Gasteiger partial charge in [0.05, 0.1) is 7.11 Å². The first-order valence-corrected chi connectivity index (χ1v) is 7.78. The minimum absolute atomic E-state index is 0.152. The van der Waals surface area contributed by atoms with Gasteiger partial charge in [-0.3, -0.25) is 0 Å². The van der Waals surface area contributed by atoms with Gasteiger partial charge in [-0.2, -0.15) is 0 Å². The Morgan fingerprint density at radius 2 is 1.96 bits per heavy atom. The number of nitrogens with zero attached hydrogens (tertiary/aromatic N) is 1. The molecule has 0 aliphatic carbocycles. The fourth-order valence-corrected chi connectivity index (χ4v) is 2.80. The topological polar surface area (TPSA) is 81.8 Å². The van der Waals surface area contributed by atoms with Gasteiger partial charge in [0.15, 0.2) is 5.88 Å². The predicted octanol–water partition coefficient (Wildman–Crippen LogP) is 3.00. The molecular weight excluding hydrogens is 316 g/mol. The average Bonchev–Trinajstić information content (AvgIpc) is 2.62. The molecule has 128 valence electrons. The molecule has 2 aromatic rings. The number of hydrogen-bond acceptors (Lipinski definition) is 5. The van der Waals surface area contributed by atoms with Gasteiger partial charge in [-0.05, 0) is 29.8 Å². The zero-order valence-corrected chi connectivity index (χ0v) is 14.1. The first kappa shape index (κ1) is 16.5. The molecule has 0 bridgehead atoms. The molecule has 0 aromatic heterocycles. The Morgan fingerprint density at radius 3 is 2.68 bits per heavy atom. The van der Waals surface area contributed by atoms with E-state index in [1.165, 1.54) is 13.2 Å². The maximum atomic E-state index is 11.6. The average molecular weight is 335 g/mol. The third kappa shape index (κ3) is 3.17. The normalized spacial score (nSPS) is 15.8. The molecule has 5 heteroatoms. The zero-order valence-electron chi connectivity index (χ0n) is 14.1. The summed E-state index contributed by atoms with van der Waals surface area (Å²) in [4.78, 5) is 2.01. The van der Waals surface area contributed by atoms with Crippen LogP contribution >= 0.6 is 0 Å². The van der Waals surface area contributed by atoms with Crippen LogP contribution in [0.5, 0.6) is 11.5 Å². The summed E-state index contributed by atoms with van der Waals surface area (Å²) in [6.45, 7) is 0. The van der Waals surface area contributed by atoms with Crippen LogP contribution in [-0.2, 0) is 0 Å². The molecule has 3 rings (SSSR count). The van der Waals surface area contributed by atoms with E-state index >= 15 is 0 Å². The Hall–Kier alpha value is -3.34. The fourth-order valence-electron chi connectivity index (χ4n) is 2.80. The van der Waals surface area contributed by atoms with Gasteiger partial charge in [0.2, 0.25) is 0 Å². The first-order chi connectivity index (χ1) is 12.0. The smallest absolute Gasteiger partial charge is 0.189 e. The number of likely N-dealkylation sites (N-methyl/N-ethyl adjacent to an activating group) is 1. The van der Waals surface area contributed by atoms with Crippen molar-refractivity contribution in [2.45, 2.75) is 0 Å². The van der Waals surface area contributed by atoms with Crippen molar-refractivity contribution in [3.63, 3.8) is 0 Å². The lowest BCUT2D eigenvalue weighted by atomic mass is 9.97. The van der Waals surface area contributed by atoms with Crippen LogP contribution in [0.25, 0.3) is 11.6 Å². The number of aliphatic hydroxyl groups excluding tert-OH is 1.